The van der Waals surface area contributed by atoms with Crippen molar-refractivity contribution in [1.82, 2.24) is 50.0 Å². The maximum atomic E-state index is 14.0. The number of rotatable bonds is 30. The fraction of sp³-hybridized carbons (Fsp3) is 0.588. The van der Waals surface area contributed by atoms with Crippen molar-refractivity contribution in [1.29, 1.82) is 0 Å². The molecule has 3 aromatic rings. The highest BCUT2D eigenvalue weighted by Gasteiger charge is 2.33. The van der Waals surface area contributed by atoms with Gasteiger partial charge in [0.15, 0.2) is 0 Å². The van der Waals surface area contributed by atoms with Gasteiger partial charge in [0.05, 0.1) is 55.8 Å². The van der Waals surface area contributed by atoms with E-state index in [1.807, 2.05) is 24.3 Å². The average Bonchev–Trinajstić information content (AvgIpc) is 3.79. The number of β-amino-alcohol motifs (C(OH)–C–C–N with tert-alkyl or cyclic N) is 1. The van der Waals surface area contributed by atoms with Gasteiger partial charge in [-0.1, -0.05) is 18.2 Å². The van der Waals surface area contributed by atoms with E-state index in [0.717, 1.165) is 11.0 Å². The van der Waals surface area contributed by atoms with Crippen LogP contribution < -0.4 is 16.0 Å². The molecule has 6 atom stereocenters. The molecule has 2 aromatic carbocycles. The number of nitrogens with zero attached hydrogens (tertiary/aromatic N) is 7. The Labute approximate surface area is 455 Å². The minimum atomic E-state index is -1.57. The number of aliphatic hydroxyl groups excluding tert-OH is 3. The Hall–Kier alpha value is -6.89. The van der Waals surface area contributed by atoms with E-state index < -0.39 is 103 Å². The van der Waals surface area contributed by atoms with Crippen LogP contribution in [0.25, 0.3) is 11.0 Å². The highest BCUT2D eigenvalue weighted by atomic mass is 16.4. The topological polar surface area (TPSA) is 403 Å². The van der Waals surface area contributed by atoms with Crippen molar-refractivity contribution in [2.24, 2.45) is 5.92 Å². The summed E-state index contributed by atoms with van der Waals surface area (Å²) in [5.74, 6) is -8.90. The third kappa shape index (κ3) is 21.4. The Bertz CT molecular complexity index is 2490. The second-order valence-corrected chi connectivity index (χ2v) is 20.1. The molecule has 0 radical (unpaired) electrons. The van der Waals surface area contributed by atoms with Gasteiger partial charge in [-0.25, -0.2) is 4.98 Å². The van der Waals surface area contributed by atoms with Gasteiger partial charge in [-0.3, -0.25) is 68.2 Å². The highest BCUT2D eigenvalue weighted by Crippen LogP contribution is 2.29. The Morgan fingerprint density at radius 3 is 1.86 bits per heavy atom. The molecule has 79 heavy (non-hydrogen) atoms. The lowest BCUT2D eigenvalue weighted by Crippen LogP contribution is -2.52. The van der Waals surface area contributed by atoms with Gasteiger partial charge in [-0.2, -0.15) is 0 Å². The average molecular weight is 1110 g/mol. The number of H-pyrrole nitrogens is 1. The molecule has 436 valence electrons. The van der Waals surface area contributed by atoms with Gasteiger partial charge in [0, 0.05) is 96.4 Å². The molecule has 1 fully saturated rings. The number of fused-ring (bicyclic) bond motifs is 2. The second-order valence-electron chi connectivity index (χ2n) is 20.1. The minimum absolute atomic E-state index is 0.00494. The summed E-state index contributed by atoms with van der Waals surface area (Å²) in [4.78, 5) is 116. The number of hydrogen-bond donors (Lipinski definition) is 13. The summed E-state index contributed by atoms with van der Waals surface area (Å²) in [5.41, 5.74) is 3.21. The van der Waals surface area contributed by atoms with E-state index in [-0.39, 0.29) is 130 Å². The summed E-state index contributed by atoms with van der Waals surface area (Å²) in [5, 5.41) is 100. The van der Waals surface area contributed by atoms with E-state index in [1.54, 1.807) is 49.7 Å². The molecule has 2 aliphatic rings. The number of carbonyl (C=O) groups excluding carboxylic acids is 2. The summed E-state index contributed by atoms with van der Waals surface area (Å²) >= 11 is 0. The first-order valence-electron chi connectivity index (χ1n) is 26.1. The van der Waals surface area contributed by atoms with Crippen LogP contribution in [-0.4, -0.2) is 256 Å². The first-order chi connectivity index (χ1) is 37.5. The standard InChI is InChI=1S/C51H75N11O17/c1-57(28-41-54-37-5-2-3-6-38(37)55-41)50(78)33-7-9-36-34(23-33)26-62(51(79)40(53-36)25-44(68)69)14-4-13-52-49(77)39(10-12-43(66)67)56-48(76)32(8-11-42(64)65)24-35(63)27-58-15-17-59(29-45(70)71)19-21-61(31-47(74)75)22-20-60(18-16-58)30-46(72)73/h2-3,5-7,9,23,32,35,39-40,49-50,52-53,63,77-78H,4,8,10-22,24-31H2,1H3,(H,54,55)(H,56,76)(H,64,65)(H,66,67)(H,68,69)(H,70,71)(H,72,73)(H,74,75)/t32-,35-,39+,40+,49+,50+/m1/s1. The number of carboxylic acids is 6. The van der Waals surface area contributed by atoms with Crippen molar-refractivity contribution in [2.45, 2.75) is 88.7 Å². The third-order valence-electron chi connectivity index (χ3n) is 13.8. The molecule has 28 heteroatoms. The Kier molecular flexibility index (Phi) is 24.7. The number of carboxylic acid groups (broad SMARTS) is 6. The number of benzene rings is 2. The van der Waals surface area contributed by atoms with E-state index in [9.17, 15) is 84.3 Å². The normalized spacial score (nSPS) is 18.5. The number of para-hydroxylation sites is 2. The van der Waals surface area contributed by atoms with Gasteiger partial charge in [0.1, 0.15) is 24.3 Å². The van der Waals surface area contributed by atoms with Crippen molar-refractivity contribution in [3.05, 3.63) is 59.4 Å². The van der Waals surface area contributed by atoms with Crippen LogP contribution >= 0.6 is 0 Å². The quantitative estimate of drug-likeness (QED) is 0.0271. The number of aliphatic carboxylic acids is 6. The van der Waals surface area contributed by atoms with Crippen LogP contribution in [-0.2, 0) is 51.4 Å². The molecule has 0 spiro atoms. The zero-order valence-electron chi connectivity index (χ0n) is 44.2. The summed E-state index contributed by atoms with van der Waals surface area (Å²) < 4.78 is 0. The molecule has 2 aliphatic heterocycles. The number of aliphatic hydroxyl groups is 3. The molecule has 13 N–H and O–H groups in total. The Morgan fingerprint density at radius 2 is 1.30 bits per heavy atom. The summed E-state index contributed by atoms with van der Waals surface area (Å²) in [6, 6.07) is 10.2. The van der Waals surface area contributed by atoms with E-state index in [4.69, 9.17) is 0 Å². The maximum Gasteiger partial charge on any atom is 0.317 e. The van der Waals surface area contributed by atoms with Crippen LogP contribution in [0.1, 0.15) is 68.1 Å². The number of amides is 2. The lowest BCUT2D eigenvalue weighted by atomic mass is 9.94. The van der Waals surface area contributed by atoms with E-state index in [1.165, 1.54) is 4.90 Å². The van der Waals surface area contributed by atoms with Gasteiger partial charge in [-0.15, -0.1) is 0 Å². The molecule has 1 aromatic heterocycles. The lowest BCUT2D eigenvalue weighted by Gasteiger charge is -2.34. The van der Waals surface area contributed by atoms with E-state index >= 15 is 0 Å². The van der Waals surface area contributed by atoms with Crippen LogP contribution in [0.3, 0.4) is 0 Å². The van der Waals surface area contributed by atoms with E-state index in [0.29, 0.717) is 22.6 Å². The van der Waals surface area contributed by atoms with Gasteiger partial charge in [-0.05, 0) is 74.7 Å². The highest BCUT2D eigenvalue weighted by molar-refractivity contribution is 5.90. The molecule has 0 aliphatic carbocycles. The number of aromatic amines is 1. The monoisotopic (exact) mass is 1110 g/mol. The first-order valence-corrected chi connectivity index (χ1v) is 26.1. The zero-order valence-corrected chi connectivity index (χ0v) is 44.2. The molecule has 28 nitrogen and oxygen atoms in total. The number of aromatic nitrogens is 2. The minimum Gasteiger partial charge on any atom is -0.481 e. The summed E-state index contributed by atoms with van der Waals surface area (Å²) in [6.45, 7) is 0.444. The van der Waals surface area contributed by atoms with Gasteiger partial charge >= 0.3 is 35.8 Å². The molecular formula is C51H75N11O17. The molecule has 3 heterocycles. The lowest BCUT2D eigenvalue weighted by molar-refractivity contribution is -0.141. The molecule has 5 rings (SSSR count). The van der Waals surface area contributed by atoms with Crippen LogP contribution in [0.15, 0.2) is 42.5 Å². The predicted octanol–water partition coefficient (Wildman–Crippen LogP) is -1.36. The summed E-state index contributed by atoms with van der Waals surface area (Å²) in [6.07, 6.45) is -6.15. The largest absolute Gasteiger partial charge is 0.481 e. The number of hydrogen-bond acceptors (Lipinski definition) is 19. The van der Waals surface area contributed by atoms with Gasteiger partial charge in [0.25, 0.3) is 0 Å². The molecule has 1 saturated heterocycles. The smallest absolute Gasteiger partial charge is 0.317 e. The second kappa shape index (κ2) is 31.0. The van der Waals surface area contributed by atoms with Crippen molar-refractivity contribution >= 4 is 64.4 Å². The molecule has 0 unspecified atom stereocenters. The van der Waals surface area contributed by atoms with Crippen molar-refractivity contribution in [2.75, 3.05) is 104 Å². The fourth-order valence-electron chi connectivity index (χ4n) is 9.67. The number of imidazole rings is 1. The number of carbonyl (C=O) groups is 8. The molecule has 2 amide bonds. The summed E-state index contributed by atoms with van der Waals surface area (Å²) in [7, 11) is 1.72. The molecule has 0 bridgehead atoms. The fourth-order valence-corrected chi connectivity index (χ4v) is 9.67. The van der Waals surface area contributed by atoms with Crippen molar-refractivity contribution < 1.29 is 84.3 Å². The maximum absolute atomic E-state index is 14.0. The molecule has 0 saturated carbocycles. The predicted molar refractivity (Wildman–Crippen MR) is 281 cm³/mol. The Morgan fingerprint density at radius 1 is 0.734 bits per heavy atom. The van der Waals surface area contributed by atoms with Crippen LogP contribution in [0, 0.1) is 5.92 Å². The van der Waals surface area contributed by atoms with Crippen molar-refractivity contribution in [3.63, 3.8) is 0 Å². The van der Waals surface area contributed by atoms with E-state index in [2.05, 4.69) is 25.9 Å². The van der Waals surface area contributed by atoms with Crippen LogP contribution in [0.5, 0.6) is 0 Å². The first kappa shape index (κ1) is 62.9. The molecular weight excluding hydrogens is 1040 g/mol. The van der Waals surface area contributed by atoms with Crippen LogP contribution in [0.2, 0.25) is 0 Å². The van der Waals surface area contributed by atoms with Gasteiger partial charge < -0.3 is 66.5 Å². The van der Waals surface area contributed by atoms with Gasteiger partial charge in [0.2, 0.25) is 11.8 Å². The van der Waals surface area contributed by atoms with Crippen LogP contribution in [0.4, 0.5) is 5.69 Å². The zero-order chi connectivity index (χ0) is 57.8. The third-order valence-corrected chi connectivity index (χ3v) is 13.8. The van der Waals surface area contributed by atoms with Crippen molar-refractivity contribution in [3.8, 4) is 0 Å². The SMILES string of the molecule is CN(Cc1nc2ccccc2[nH]1)[C@@H](O)c1ccc2c(c1)CN(CCCN[C@@H](O)[C@H](CCC(=O)O)NC(=O)[C@H](CCC(=O)O)C[C@@H](O)CN1CCN(CC(=O)O)CCN(CC(=O)O)CCN(CC(=O)O)CC1)C(=O)[C@H](CC(=O)O)N2. The number of nitrogens with one attached hydrogen (secondary N) is 4. The Balaban J connectivity index is 1.23. The number of anilines is 1.